The Labute approximate surface area is 209 Å². The van der Waals surface area contributed by atoms with Crippen LogP contribution in [-0.4, -0.2) is 28.9 Å². The van der Waals surface area contributed by atoms with E-state index in [0.717, 1.165) is 5.06 Å². The third-order valence-electron chi connectivity index (χ3n) is 5.22. The SMILES string of the molecule is CC/C(OC(=O)C(C)(C)C)=C1/C(=O)N(OC(=O)C(C)(C)C)c2cc(NC(=O)c3cc(C)on3)ccc21. The third-order valence-corrected chi connectivity index (χ3v) is 5.22. The van der Waals surface area contributed by atoms with Gasteiger partial charge in [0.1, 0.15) is 11.5 Å². The second kappa shape index (κ2) is 9.60. The number of carbonyl (C=O) groups is 4. The van der Waals surface area contributed by atoms with Crippen molar-refractivity contribution in [1.82, 2.24) is 5.16 Å². The topological polar surface area (TPSA) is 128 Å². The van der Waals surface area contributed by atoms with Crippen molar-refractivity contribution in [3.8, 4) is 0 Å². The highest BCUT2D eigenvalue weighted by Gasteiger charge is 2.41. The van der Waals surface area contributed by atoms with Gasteiger partial charge in [-0.1, -0.05) is 12.1 Å². The molecule has 2 aromatic rings. The van der Waals surface area contributed by atoms with Gasteiger partial charge in [-0.15, -0.1) is 5.06 Å². The highest BCUT2D eigenvalue weighted by Crippen LogP contribution is 2.42. The lowest BCUT2D eigenvalue weighted by Gasteiger charge is -2.22. The van der Waals surface area contributed by atoms with Gasteiger partial charge < -0.3 is 19.4 Å². The molecule has 36 heavy (non-hydrogen) atoms. The molecule has 2 amide bonds. The Morgan fingerprint density at radius 3 is 2.19 bits per heavy atom. The highest BCUT2D eigenvalue weighted by molar-refractivity contribution is 6.33. The monoisotopic (exact) mass is 497 g/mol. The first kappa shape index (κ1) is 26.7. The van der Waals surface area contributed by atoms with E-state index in [0.29, 0.717) is 17.0 Å². The number of rotatable bonds is 5. The van der Waals surface area contributed by atoms with Gasteiger partial charge in [-0.3, -0.25) is 14.4 Å². The maximum atomic E-state index is 13.5. The van der Waals surface area contributed by atoms with Crippen molar-refractivity contribution >= 4 is 40.7 Å². The number of nitrogens with zero attached hydrogens (tertiary/aromatic N) is 2. The number of aromatic nitrogens is 1. The highest BCUT2D eigenvalue weighted by atomic mass is 16.7. The number of amides is 2. The summed E-state index contributed by atoms with van der Waals surface area (Å²) in [4.78, 5) is 56.8. The van der Waals surface area contributed by atoms with Crippen LogP contribution in [0.15, 0.2) is 34.5 Å². The summed E-state index contributed by atoms with van der Waals surface area (Å²) in [6, 6.07) is 6.17. The number of nitrogens with one attached hydrogen (secondary N) is 1. The standard InChI is InChI=1S/C26H31N3O7/c1-9-19(34-23(32)25(3,4)5)20-16-11-10-15(27-21(30)17-12-14(2)35-28-17)13-18(16)29(22(20)31)36-24(33)26(6,7)8/h10-13H,9H2,1-8H3,(H,27,30)/b20-19-. The molecule has 0 saturated carbocycles. The van der Waals surface area contributed by atoms with Crippen molar-refractivity contribution < 1.29 is 33.3 Å². The van der Waals surface area contributed by atoms with Crippen LogP contribution in [0.5, 0.6) is 0 Å². The zero-order valence-electron chi connectivity index (χ0n) is 21.8. The number of benzene rings is 1. The van der Waals surface area contributed by atoms with E-state index in [9.17, 15) is 19.2 Å². The van der Waals surface area contributed by atoms with Gasteiger partial charge in [-0.05, 0) is 66.7 Å². The van der Waals surface area contributed by atoms with Crippen molar-refractivity contribution in [2.24, 2.45) is 10.8 Å². The van der Waals surface area contributed by atoms with Crippen molar-refractivity contribution in [3.63, 3.8) is 0 Å². The molecule has 1 aliphatic heterocycles. The number of carbonyl (C=O) groups excluding carboxylic acids is 4. The van der Waals surface area contributed by atoms with Crippen LogP contribution in [-0.2, 0) is 24.0 Å². The van der Waals surface area contributed by atoms with Crippen molar-refractivity contribution in [3.05, 3.63) is 47.0 Å². The van der Waals surface area contributed by atoms with E-state index in [2.05, 4.69) is 10.5 Å². The van der Waals surface area contributed by atoms with E-state index in [1.54, 1.807) is 67.5 Å². The van der Waals surface area contributed by atoms with Crippen LogP contribution in [0.25, 0.3) is 5.57 Å². The van der Waals surface area contributed by atoms with E-state index < -0.39 is 34.6 Å². The lowest BCUT2D eigenvalue weighted by atomic mass is 9.97. The Bertz CT molecular complexity index is 1260. The Kier molecular flexibility index (Phi) is 7.11. The number of hydrogen-bond acceptors (Lipinski definition) is 8. The maximum absolute atomic E-state index is 13.5. The molecule has 1 aromatic heterocycles. The first-order valence-corrected chi connectivity index (χ1v) is 11.5. The molecule has 0 radical (unpaired) electrons. The minimum absolute atomic E-state index is 0.0861. The number of esters is 1. The molecule has 1 aliphatic rings. The molecule has 0 aliphatic carbocycles. The summed E-state index contributed by atoms with van der Waals surface area (Å²) in [5.41, 5.74) is -0.544. The Hall–Kier alpha value is -3.95. The normalized spacial score (nSPS) is 14.9. The first-order valence-electron chi connectivity index (χ1n) is 11.5. The van der Waals surface area contributed by atoms with Crippen LogP contribution in [0.2, 0.25) is 0 Å². The number of allylic oxidation sites excluding steroid dienone is 1. The maximum Gasteiger partial charge on any atom is 0.338 e. The van der Waals surface area contributed by atoms with E-state index in [1.165, 1.54) is 12.1 Å². The van der Waals surface area contributed by atoms with Gasteiger partial charge in [-0.2, -0.15) is 0 Å². The Morgan fingerprint density at radius 2 is 1.67 bits per heavy atom. The molecule has 2 heterocycles. The molecule has 0 atom stereocenters. The lowest BCUT2D eigenvalue weighted by molar-refractivity contribution is -0.157. The van der Waals surface area contributed by atoms with Crippen LogP contribution in [0, 0.1) is 17.8 Å². The van der Waals surface area contributed by atoms with Gasteiger partial charge in [0.2, 0.25) is 0 Å². The van der Waals surface area contributed by atoms with Crippen LogP contribution in [0.1, 0.15) is 76.7 Å². The fourth-order valence-electron chi connectivity index (χ4n) is 3.13. The predicted molar refractivity (Wildman–Crippen MR) is 131 cm³/mol. The number of hydrogen-bond donors (Lipinski definition) is 1. The number of ether oxygens (including phenoxy) is 1. The van der Waals surface area contributed by atoms with Gasteiger partial charge in [-0.25, -0.2) is 4.79 Å². The summed E-state index contributed by atoms with van der Waals surface area (Å²) >= 11 is 0. The van der Waals surface area contributed by atoms with E-state index >= 15 is 0 Å². The van der Waals surface area contributed by atoms with Gasteiger partial charge in [0.25, 0.3) is 11.8 Å². The fraction of sp³-hybridized carbons (Fsp3) is 0.423. The minimum atomic E-state index is -0.893. The summed E-state index contributed by atoms with van der Waals surface area (Å²) in [6.07, 6.45) is 0.243. The molecule has 10 heteroatoms. The first-order chi connectivity index (χ1) is 16.6. The number of aryl methyl sites for hydroxylation is 1. The second-order valence-electron chi connectivity index (χ2n) is 10.5. The molecular formula is C26H31N3O7. The average molecular weight is 498 g/mol. The van der Waals surface area contributed by atoms with Gasteiger partial charge in [0.15, 0.2) is 5.69 Å². The molecule has 0 unspecified atom stereocenters. The zero-order valence-corrected chi connectivity index (χ0v) is 21.8. The molecule has 1 N–H and O–H groups in total. The second-order valence-corrected chi connectivity index (χ2v) is 10.5. The average Bonchev–Trinajstić information content (AvgIpc) is 3.32. The Morgan fingerprint density at radius 1 is 1.03 bits per heavy atom. The third kappa shape index (κ3) is 5.48. The summed E-state index contributed by atoms with van der Waals surface area (Å²) in [5, 5.41) is 7.25. The van der Waals surface area contributed by atoms with Crippen molar-refractivity contribution in [2.45, 2.75) is 61.8 Å². The number of hydroxylamine groups is 1. The van der Waals surface area contributed by atoms with E-state index in [1.807, 2.05) is 0 Å². The van der Waals surface area contributed by atoms with Gasteiger partial charge in [0.05, 0.1) is 22.1 Å². The zero-order chi connectivity index (χ0) is 27.0. The smallest absolute Gasteiger partial charge is 0.338 e. The van der Waals surface area contributed by atoms with Gasteiger partial charge >= 0.3 is 11.9 Å². The molecule has 0 fully saturated rings. The largest absolute Gasteiger partial charge is 0.430 e. The van der Waals surface area contributed by atoms with Gasteiger partial charge in [0, 0.05) is 23.7 Å². The fourth-order valence-corrected chi connectivity index (χ4v) is 3.13. The summed E-state index contributed by atoms with van der Waals surface area (Å²) < 4.78 is 10.6. The minimum Gasteiger partial charge on any atom is -0.430 e. The Balaban J connectivity index is 2.07. The van der Waals surface area contributed by atoms with Crippen LogP contribution < -0.4 is 10.4 Å². The number of anilines is 2. The molecule has 3 rings (SSSR count). The molecule has 192 valence electrons. The van der Waals surface area contributed by atoms with Crippen LogP contribution in [0.3, 0.4) is 0 Å². The van der Waals surface area contributed by atoms with Crippen LogP contribution in [0.4, 0.5) is 11.4 Å². The quantitative estimate of drug-likeness (QED) is 0.355. The summed E-state index contributed by atoms with van der Waals surface area (Å²) in [5.74, 6) is -1.68. The number of fused-ring (bicyclic) bond motifs is 1. The lowest BCUT2D eigenvalue weighted by Crippen LogP contribution is -2.35. The molecule has 0 bridgehead atoms. The summed E-state index contributed by atoms with van der Waals surface area (Å²) in [6.45, 7) is 13.5. The molecule has 10 nitrogen and oxygen atoms in total. The molecule has 0 spiro atoms. The predicted octanol–water partition coefficient (Wildman–Crippen LogP) is 4.80. The van der Waals surface area contributed by atoms with Crippen LogP contribution >= 0.6 is 0 Å². The summed E-state index contributed by atoms with van der Waals surface area (Å²) in [7, 11) is 0. The molecule has 1 aromatic carbocycles. The van der Waals surface area contributed by atoms with E-state index in [-0.39, 0.29) is 29.1 Å². The van der Waals surface area contributed by atoms with E-state index in [4.69, 9.17) is 14.1 Å². The molecular weight excluding hydrogens is 466 g/mol. The molecule has 0 saturated heterocycles. The van der Waals surface area contributed by atoms with Crippen molar-refractivity contribution in [2.75, 3.05) is 10.4 Å². The van der Waals surface area contributed by atoms with Crippen molar-refractivity contribution in [1.29, 1.82) is 0 Å².